The van der Waals surface area contributed by atoms with Gasteiger partial charge in [-0.25, -0.2) is 4.39 Å². The van der Waals surface area contributed by atoms with E-state index in [4.69, 9.17) is 9.84 Å². The summed E-state index contributed by atoms with van der Waals surface area (Å²) >= 11 is 0. The van der Waals surface area contributed by atoms with Crippen molar-refractivity contribution in [2.45, 2.75) is 25.7 Å². The van der Waals surface area contributed by atoms with Crippen LogP contribution in [-0.2, 0) is 12.8 Å². The first-order chi connectivity index (χ1) is 14.3. The predicted molar refractivity (Wildman–Crippen MR) is 115 cm³/mol. The number of hydrogen-bond acceptors (Lipinski definition) is 4. The fourth-order valence-corrected chi connectivity index (χ4v) is 3.82. The molecular formula is C24H33FN2O2. The zero-order valence-electron chi connectivity index (χ0n) is 17.2. The highest BCUT2D eigenvalue weighted by molar-refractivity contribution is 5.34. The monoisotopic (exact) mass is 400 g/mol. The van der Waals surface area contributed by atoms with Crippen LogP contribution in [0.4, 0.5) is 4.39 Å². The maximum Gasteiger partial charge on any atom is 0.126 e. The molecule has 0 saturated carbocycles. The molecule has 1 heterocycles. The van der Waals surface area contributed by atoms with Gasteiger partial charge in [-0.05, 0) is 55.5 Å². The predicted octanol–water partition coefficient (Wildman–Crippen LogP) is 3.38. The van der Waals surface area contributed by atoms with Gasteiger partial charge in [0.15, 0.2) is 0 Å². The Morgan fingerprint density at radius 1 is 0.793 bits per heavy atom. The number of benzene rings is 2. The van der Waals surface area contributed by atoms with Crippen molar-refractivity contribution in [3.63, 3.8) is 0 Å². The van der Waals surface area contributed by atoms with Gasteiger partial charge in [-0.2, -0.15) is 0 Å². The quantitative estimate of drug-likeness (QED) is 0.587. The number of rotatable bonds is 11. The van der Waals surface area contributed by atoms with Gasteiger partial charge in [0.25, 0.3) is 0 Å². The number of nitrogens with zero attached hydrogens (tertiary/aromatic N) is 2. The summed E-state index contributed by atoms with van der Waals surface area (Å²) in [5.41, 5.74) is 1.89. The van der Waals surface area contributed by atoms with Crippen LogP contribution >= 0.6 is 0 Å². The van der Waals surface area contributed by atoms with Crippen molar-refractivity contribution >= 4 is 0 Å². The summed E-state index contributed by atoms with van der Waals surface area (Å²) in [7, 11) is 0. The Morgan fingerprint density at radius 2 is 1.41 bits per heavy atom. The average molecular weight is 401 g/mol. The van der Waals surface area contributed by atoms with Crippen LogP contribution in [0.3, 0.4) is 0 Å². The molecule has 29 heavy (non-hydrogen) atoms. The summed E-state index contributed by atoms with van der Waals surface area (Å²) in [4.78, 5) is 4.81. The van der Waals surface area contributed by atoms with Gasteiger partial charge in [0.2, 0.25) is 0 Å². The molecule has 0 radical (unpaired) electrons. The second kappa shape index (κ2) is 11.9. The maximum absolute atomic E-state index is 13.8. The molecule has 1 aliphatic heterocycles. The Hall–Kier alpha value is -1.95. The van der Waals surface area contributed by atoms with Gasteiger partial charge in [-0.3, -0.25) is 4.90 Å². The first kappa shape index (κ1) is 21.8. The lowest BCUT2D eigenvalue weighted by Gasteiger charge is -2.34. The maximum atomic E-state index is 13.8. The van der Waals surface area contributed by atoms with Crippen molar-refractivity contribution in [2.24, 2.45) is 0 Å². The highest BCUT2D eigenvalue weighted by atomic mass is 19.1. The lowest BCUT2D eigenvalue weighted by atomic mass is 10.0. The van der Waals surface area contributed by atoms with E-state index in [1.54, 1.807) is 6.07 Å². The highest BCUT2D eigenvalue weighted by Gasteiger charge is 2.15. The van der Waals surface area contributed by atoms with E-state index < -0.39 is 0 Å². The Kier molecular flexibility index (Phi) is 8.93. The van der Waals surface area contributed by atoms with Crippen molar-refractivity contribution < 1.29 is 14.2 Å². The summed E-state index contributed by atoms with van der Waals surface area (Å²) in [6.45, 7) is 7.11. The Labute approximate surface area is 173 Å². The summed E-state index contributed by atoms with van der Waals surface area (Å²) in [5, 5.41) is 9.02. The van der Waals surface area contributed by atoms with Crippen molar-refractivity contribution in [3.8, 4) is 5.75 Å². The molecule has 0 bridgehead atoms. The van der Waals surface area contributed by atoms with Crippen LogP contribution in [-0.4, -0.2) is 67.4 Å². The highest BCUT2D eigenvalue weighted by Crippen LogP contribution is 2.21. The Balaban J connectivity index is 1.36. The molecule has 5 heteroatoms. The summed E-state index contributed by atoms with van der Waals surface area (Å²) in [5.74, 6) is 0.782. The van der Waals surface area contributed by atoms with Crippen molar-refractivity contribution in [2.75, 3.05) is 52.5 Å². The summed E-state index contributed by atoms with van der Waals surface area (Å²) < 4.78 is 19.9. The Morgan fingerprint density at radius 3 is 2.14 bits per heavy atom. The minimum Gasteiger partial charge on any atom is -0.493 e. The summed E-state index contributed by atoms with van der Waals surface area (Å²) in [6, 6.07) is 15.1. The molecule has 0 amide bonds. The number of β-amino-alcohol motifs (C(OH)–C–C–N with tert-alkyl or cyclic N) is 1. The molecule has 4 nitrogen and oxygen atoms in total. The SMILES string of the molecule is OCCN1CCN(CCCCOc2ccccc2CCc2ccccc2F)CC1. The number of piperazine rings is 1. The molecule has 2 aromatic rings. The molecule has 0 aromatic heterocycles. The van der Waals surface area contributed by atoms with E-state index in [0.29, 0.717) is 13.0 Å². The first-order valence-electron chi connectivity index (χ1n) is 10.8. The number of unbranched alkanes of at least 4 members (excludes halogenated alkanes) is 1. The van der Waals surface area contributed by atoms with Crippen molar-refractivity contribution in [1.82, 2.24) is 9.80 Å². The van der Waals surface area contributed by atoms with Crippen LogP contribution in [0.1, 0.15) is 24.0 Å². The van der Waals surface area contributed by atoms with E-state index in [2.05, 4.69) is 15.9 Å². The molecular weight excluding hydrogens is 367 g/mol. The van der Waals surface area contributed by atoms with Crippen LogP contribution in [0.2, 0.25) is 0 Å². The van der Waals surface area contributed by atoms with E-state index in [-0.39, 0.29) is 12.4 Å². The minimum atomic E-state index is -0.136. The number of ether oxygens (including phenoxy) is 1. The lowest BCUT2D eigenvalue weighted by Crippen LogP contribution is -2.47. The third kappa shape index (κ3) is 7.11. The van der Waals surface area contributed by atoms with Gasteiger partial charge < -0.3 is 14.7 Å². The van der Waals surface area contributed by atoms with E-state index in [9.17, 15) is 4.39 Å². The number of halogens is 1. The molecule has 1 saturated heterocycles. The molecule has 158 valence electrons. The second-order valence-electron chi connectivity index (χ2n) is 7.66. The standard InChI is InChI=1S/C24H33FN2O2/c25-23-9-3-1-7-21(23)11-12-22-8-2-4-10-24(22)29-20-6-5-13-26-14-16-27(17-15-26)18-19-28/h1-4,7-10,28H,5-6,11-20H2. The molecule has 1 aliphatic rings. The van der Waals surface area contributed by atoms with E-state index in [1.807, 2.05) is 30.3 Å². The van der Waals surface area contributed by atoms with Gasteiger partial charge in [0.05, 0.1) is 13.2 Å². The largest absolute Gasteiger partial charge is 0.493 e. The van der Waals surface area contributed by atoms with Crippen molar-refractivity contribution in [1.29, 1.82) is 0 Å². The zero-order valence-corrected chi connectivity index (χ0v) is 17.2. The first-order valence-corrected chi connectivity index (χ1v) is 10.8. The van der Waals surface area contributed by atoms with Crippen LogP contribution in [0.5, 0.6) is 5.75 Å². The zero-order chi connectivity index (χ0) is 20.3. The van der Waals surface area contributed by atoms with Crippen LogP contribution < -0.4 is 4.74 Å². The topological polar surface area (TPSA) is 35.9 Å². The molecule has 0 unspecified atom stereocenters. The molecule has 1 N–H and O–H groups in total. The van der Waals surface area contributed by atoms with E-state index in [1.165, 1.54) is 6.07 Å². The molecule has 2 aromatic carbocycles. The number of hydrogen-bond donors (Lipinski definition) is 1. The average Bonchev–Trinajstić information content (AvgIpc) is 2.75. The number of aliphatic hydroxyl groups is 1. The second-order valence-corrected chi connectivity index (χ2v) is 7.66. The fraction of sp³-hybridized carbons (Fsp3) is 0.500. The van der Waals surface area contributed by atoms with E-state index in [0.717, 1.165) is 75.4 Å². The number of aliphatic hydroxyl groups excluding tert-OH is 1. The van der Waals surface area contributed by atoms with Crippen molar-refractivity contribution in [3.05, 3.63) is 65.5 Å². The smallest absolute Gasteiger partial charge is 0.126 e. The van der Waals surface area contributed by atoms with Gasteiger partial charge in [-0.1, -0.05) is 36.4 Å². The molecule has 1 fully saturated rings. The normalized spacial score (nSPS) is 15.5. The fourth-order valence-electron chi connectivity index (χ4n) is 3.82. The number of para-hydroxylation sites is 1. The Bertz CT molecular complexity index is 732. The molecule has 3 rings (SSSR count). The van der Waals surface area contributed by atoms with Crippen LogP contribution in [0.15, 0.2) is 48.5 Å². The molecule has 0 spiro atoms. The summed E-state index contributed by atoms with van der Waals surface area (Å²) in [6.07, 6.45) is 3.60. The van der Waals surface area contributed by atoms with Crippen LogP contribution in [0, 0.1) is 5.82 Å². The van der Waals surface area contributed by atoms with Gasteiger partial charge in [-0.15, -0.1) is 0 Å². The van der Waals surface area contributed by atoms with Gasteiger partial charge in [0, 0.05) is 32.7 Å². The van der Waals surface area contributed by atoms with E-state index >= 15 is 0 Å². The lowest BCUT2D eigenvalue weighted by molar-refractivity contribution is 0.110. The van der Waals surface area contributed by atoms with Crippen LogP contribution in [0.25, 0.3) is 0 Å². The molecule has 0 atom stereocenters. The van der Waals surface area contributed by atoms with Gasteiger partial charge >= 0.3 is 0 Å². The third-order valence-corrected chi connectivity index (χ3v) is 5.60. The minimum absolute atomic E-state index is 0.136. The van der Waals surface area contributed by atoms with Gasteiger partial charge in [0.1, 0.15) is 11.6 Å². The number of aryl methyl sites for hydroxylation is 2. The molecule has 0 aliphatic carbocycles. The third-order valence-electron chi connectivity index (χ3n) is 5.60.